The summed E-state index contributed by atoms with van der Waals surface area (Å²) in [4.78, 5) is 15.3. The third-order valence-electron chi connectivity index (χ3n) is 3.07. The fraction of sp³-hybridized carbons (Fsp3) is 0.133. The van der Waals surface area contributed by atoms with Crippen LogP contribution in [0.25, 0.3) is 10.8 Å². The number of nitrogens with one attached hydrogen (secondary N) is 1. The lowest BCUT2D eigenvalue weighted by molar-refractivity contribution is 0.0691. The Morgan fingerprint density at radius 1 is 1.33 bits per heavy atom. The number of benzene rings is 1. The Kier molecular flexibility index (Phi) is 3.27. The molecule has 1 aromatic carbocycles. The van der Waals surface area contributed by atoms with Gasteiger partial charge in [0.2, 0.25) is 0 Å². The van der Waals surface area contributed by atoms with Gasteiger partial charge in [-0.05, 0) is 18.4 Å². The lowest BCUT2D eigenvalue weighted by Gasteiger charge is -2.08. The van der Waals surface area contributed by atoms with E-state index in [1.54, 1.807) is 6.07 Å². The summed E-state index contributed by atoms with van der Waals surface area (Å²) in [5.41, 5.74) is 0.800. The smallest absolute Gasteiger partial charge is 0.354 e. The lowest BCUT2D eigenvalue weighted by Crippen LogP contribution is -2.06. The van der Waals surface area contributed by atoms with Crippen molar-refractivity contribution in [1.29, 1.82) is 0 Å². The number of nitrogens with zero attached hydrogens (tertiary/aromatic N) is 2. The van der Waals surface area contributed by atoms with Crippen LogP contribution in [-0.2, 0) is 6.54 Å². The van der Waals surface area contributed by atoms with E-state index in [1.807, 2.05) is 37.3 Å². The van der Waals surface area contributed by atoms with Crippen LogP contribution < -0.4 is 5.32 Å². The minimum Gasteiger partial charge on any atom is -0.477 e. The quantitative estimate of drug-likeness (QED) is 0.765. The molecule has 0 amide bonds. The maximum atomic E-state index is 11.2. The molecule has 0 spiro atoms. The Morgan fingerprint density at radius 3 is 2.86 bits per heavy atom. The van der Waals surface area contributed by atoms with E-state index in [-0.39, 0.29) is 5.69 Å². The molecular formula is C15H13N3O3. The monoisotopic (exact) mass is 283 g/mol. The summed E-state index contributed by atoms with van der Waals surface area (Å²) in [7, 11) is 0. The maximum absolute atomic E-state index is 11.2. The number of carboxylic acid groups (broad SMARTS) is 1. The van der Waals surface area contributed by atoms with E-state index in [2.05, 4.69) is 15.5 Å². The Bertz CT molecular complexity index is 811. The Hall–Kier alpha value is -2.89. The van der Waals surface area contributed by atoms with Crippen molar-refractivity contribution in [3.8, 4) is 0 Å². The minimum atomic E-state index is -1.06. The molecule has 0 aliphatic carbocycles. The summed E-state index contributed by atoms with van der Waals surface area (Å²) in [5.74, 6) is 0.123. The fourth-order valence-corrected chi connectivity index (χ4v) is 2.11. The maximum Gasteiger partial charge on any atom is 0.354 e. The van der Waals surface area contributed by atoms with Gasteiger partial charge in [-0.3, -0.25) is 0 Å². The molecule has 0 saturated carbocycles. The molecule has 2 aromatic heterocycles. The minimum absolute atomic E-state index is 0.00458. The van der Waals surface area contributed by atoms with E-state index in [4.69, 9.17) is 9.63 Å². The van der Waals surface area contributed by atoms with Gasteiger partial charge in [0.05, 0.1) is 12.2 Å². The Labute approximate surface area is 120 Å². The number of hydrogen-bond donors (Lipinski definition) is 2. The van der Waals surface area contributed by atoms with E-state index in [9.17, 15) is 4.79 Å². The van der Waals surface area contributed by atoms with Crippen LogP contribution in [0.1, 0.15) is 21.9 Å². The molecule has 0 unspecified atom stereocenters. The molecule has 21 heavy (non-hydrogen) atoms. The molecule has 3 rings (SSSR count). The molecule has 0 aliphatic heterocycles. The van der Waals surface area contributed by atoms with Crippen LogP contribution in [0.3, 0.4) is 0 Å². The molecule has 3 aromatic rings. The van der Waals surface area contributed by atoms with Crippen LogP contribution in [0, 0.1) is 6.92 Å². The van der Waals surface area contributed by atoms with Crippen molar-refractivity contribution >= 4 is 22.6 Å². The molecule has 6 heteroatoms. The van der Waals surface area contributed by atoms with Gasteiger partial charge in [0.1, 0.15) is 5.82 Å². The largest absolute Gasteiger partial charge is 0.477 e. The van der Waals surface area contributed by atoms with Gasteiger partial charge in [0.15, 0.2) is 11.5 Å². The number of rotatable bonds is 4. The van der Waals surface area contributed by atoms with Crippen molar-refractivity contribution in [2.24, 2.45) is 0 Å². The average molecular weight is 283 g/mol. The second-order valence-electron chi connectivity index (χ2n) is 4.67. The van der Waals surface area contributed by atoms with Gasteiger partial charge in [-0.1, -0.05) is 29.4 Å². The zero-order chi connectivity index (χ0) is 14.8. The summed E-state index contributed by atoms with van der Waals surface area (Å²) in [6.45, 7) is 2.23. The molecule has 0 fully saturated rings. The van der Waals surface area contributed by atoms with E-state index in [0.29, 0.717) is 18.1 Å². The topological polar surface area (TPSA) is 88.2 Å². The molecule has 0 atom stereocenters. The first-order valence-electron chi connectivity index (χ1n) is 6.42. The molecule has 0 radical (unpaired) electrons. The van der Waals surface area contributed by atoms with Gasteiger partial charge < -0.3 is 14.9 Å². The van der Waals surface area contributed by atoms with Crippen LogP contribution in [0.15, 0.2) is 40.9 Å². The third-order valence-corrected chi connectivity index (χ3v) is 3.07. The Morgan fingerprint density at radius 2 is 2.14 bits per heavy atom. The summed E-state index contributed by atoms with van der Waals surface area (Å²) < 4.78 is 5.12. The molecule has 2 heterocycles. The predicted molar refractivity (Wildman–Crippen MR) is 77.3 cm³/mol. The van der Waals surface area contributed by atoms with E-state index >= 15 is 0 Å². The molecule has 6 nitrogen and oxygen atoms in total. The van der Waals surface area contributed by atoms with Crippen molar-refractivity contribution in [3.63, 3.8) is 0 Å². The number of aromatic nitrogens is 2. The number of fused-ring (bicyclic) bond motifs is 1. The molecule has 0 bridgehead atoms. The van der Waals surface area contributed by atoms with Gasteiger partial charge in [0, 0.05) is 11.5 Å². The van der Waals surface area contributed by atoms with Gasteiger partial charge in [-0.2, -0.15) is 0 Å². The highest BCUT2D eigenvalue weighted by atomic mass is 16.5. The molecule has 106 valence electrons. The molecular weight excluding hydrogens is 270 g/mol. The van der Waals surface area contributed by atoms with Gasteiger partial charge in [-0.15, -0.1) is 0 Å². The summed E-state index contributed by atoms with van der Waals surface area (Å²) in [6, 6.07) is 10.9. The van der Waals surface area contributed by atoms with E-state index < -0.39 is 5.97 Å². The van der Waals surface area contributed by atoms with Crippen LogP contribution in [0.5, 0.6) is 0 Å². The van der Waals surface area contributed by atoms with E-state index in [1.165, 1.54) is 0 Å². The van der Waals surface area contributed by atoms with Crippen LogP contribution in [0.4, 0.5) is 5.82 Å². The van der Waals surface area contributed by atoms with Crippen LogP contribution in [-0.4, -0.2) is 21.2 Å². The number of carbonyl (C=O) groups is 1. The lowest BCUT2D eigenvalue weighted by atomic mass is 10.1. The highest BCUT2D eigenvalue weighted by Crippen LogP contribution is 2.23. The first kappa shape index (κ1) is 13.1. The first-order chi connectivity index (χ1) is 10.1. The van der Waals surface area contributed by atoms with Crippen molar-refractivity contribution < 1.29 is 14.4 Å². The molecule has 0 aliphatic rings. The summed E-state index contributed by atoms with van der Waals surface area (Å²) in [5, 5.41) is 17.7. The van der Waals surface area contributed by atoms with Crippen molar-refractivity contribution in [2.45, 2.75) is 13.5 Å². The average Bonchev–Trinajstić information content (AvgIpc) is 2.90. The number of aromatic carboxylic acids is 1. The number of pyridine rings is 1. The standard InChI is InChI=1S/C15H13N3O3/c1-9-6-11(21-18-9)8-16-14-12-5-3-2-4-10(12)7-13(17-14)15(19)20/h2-7H,8H2,1H3,(H,16,17)(H,19,20). The fourth-order valence-electron chi connectivity index (χ4n) is 2.11. The normalized spacial score (nSPS) is 10.7. The highest BCUT2D eigenvalue weighted by molar-refractivity contribution is 5.97. The first-order valence-corrected chi connectivity index (χ1v) is 6.42. The van der Waals surface area contributed by atoms with Gasteiger partial charge in [-0.25, -0.2) is 9.78 Å². The van der Waals surface area contributed by atoms with Crippen molar-refractivity contribution in [3.05, 3.63) is 53.5 Å². The van der Waals surface area contributed by atoms with Gasteiger partial charge >= 0.3 is 5.97 Å². The zero-order valence-electron chi connectivity index (χ0n) is 11.3. The second-order valence-corrected chi connectivity index (χ2v) is 4.67. The van der Waals surface area contributed by atoms with E-state index in [0.717, 1.165) is 16.5 Å². The molecule has 0 saturated heterocycles. The highest BCUT2D eigenvalue weighted by Gasteiger charge is 2.11. The molecule has 2 N–H and O–H groups in total. The van der Waals surface area contributed by atoms with Crippen LogP contribution in [0.2, 0.25) is 0 Å². The number of hydrogen-bond acceptors (Lipinski definition) is 5. The summed E-state index contributed by atoms with van der Waals surface area (Å²) >= 11 is 0. The number of carboxylic acids is 1. The number of aryl methyl sites for hydroxylation is 1. The SMILES string of the molecule is Cc1cc(CNc2nc(C(=O)O)cc3ccccc23)on1. The van der Waals surface area contributed by atoms with Crippen molar-refractivity contribution in [2.75, 3.05) is 5.32 Å². The van der Waals surface area contributed by atoms with Gasteiger partial charge in [0.25, 0.3) is 0 Å². The van der Waals surface area contributed by atoms with Crippen LogP contribution >= 0.6 is 0 Å². The second kappa shape index (κ2) is 5.24. The zero-order valence-corrected chi connectivity index (χ0v) is 11.3. The summed E-state index contributed by atoms with van der Waals surface area (Å²) in [6.07, 6.45) is 0. The third kappa shape index (κ3) is 2.69. The van der Waals surface area contributed by atoms with Crippen molar-refractivity contribution in [1.82, 2.24) is 10.1 Å². The Balaban J connectivity index is 1.97. The number of anilines is 1. The predicted octanol–water partition coefficient (Wildman–Crippen LogP) is 2.84.